The number of rotatable bonds is 9. The fraction of sp³-hybridized carbons (Fsp3) is 0.533. The van der Waals surface area contributed by atoms with Crippen molar-refractivity contribution in [2.75, 3.05) is 26.2 Å². The van der Waals surface area contributed by atoms with Gasteiger partial charge in [-0.3, -0.25) is 0 Å². The van der Waals surface area contributed by atoms with Gasteiger partial charge in [-0.1, -0.05) is 19.0 Å². The van der Waals surface area contributed by atoms with Gasteiger partial charge >= 0.3 is 6.18 Å². The van der Waals surface area contributed by atoms with Gasteiger partial charge in [0.15, 0.2) is 0 Å². The molecule has 2 rings (SSSR count). The van der Waals surface area contributed by atoms with Gasteiger partial charge in [0.1, 0.15) is 9.90 Å². The van der Waals surface area contributed by atoms with Crippen LogP contribution in [0.2, 0.25) is 0 Å². The Hall–Kier alpha value is -1.43. The lowest BCUT2D eigenvalue weighted by molar-refractivity contribution is -0.155. The standard InChI is InChI=1S/C15H20F3N3O3S2/c1-3-21(4-2)9-5-8-19-26(22,23)14-7-6-12(25-14)11-10-13(24-20-11)15(16,17)18/h6-7,10,19H,3-5,8-9H2,1-2H3. The number of nitrogens with zero attached hydrogens (tertiary/aromatic N) is 2. The highest BCUT2D eigenvalue weighted by molar-refractivity contribution is 7.91. The zero-order valence-corrected chi connectivity index (χ0v) is 16.0. The van der Waals surface area contributed by atoms with Gasteiger partial charge in [-0.05, 0) is 38.2 Å². The molecule has 2 heterocycles. The van der Waals surface area contributed by atoms with Crippen molar-refractivity contribution in [2.45, 2.75) is 30.7 Å². The summed E-state index contributed by atoms with van der Waals surface area (Å²) in [6, 6.07) is 3.50. The molecule has 6 nitrogen and oxygen atoms in total. The van der Waals surface area contributed by atoms with E-state index in [2.05, 4.69) is 19.3 Å². The summed E-state index contributed by atoms with van der Waals surface area (Å²) < 4.78 is 69.0. The molecule has 0 aliphatic rings. The predicted octanol–water partition coefficient (Wildman–Crippen LogP) is 3.43. The lowest BCUT2D eigenvalue weighted by Gasteiger charge is -2.17. The van der Waals surface area contributed by atoms with Crippen LogP contribution in [0.1, 0.15) is 26.0 Å². The molecule has 0 unspecified atom stereocenters. The van der Waals surface area contributed by atoms with Crippen LogP contribution in [0.5, 0.6) is 0 Å². The smallest absolute Gasteiger partial charge is 0.351 e. The maximum atomic E-state index is 12.6. The SMILES string of the molecule is CCN(CC)CCCNS(=O)(=O)c1ccc(-c2cc(C(F)(F)F)on2)s1. The van der Waals surface area contributed by atoms with Crippen LogP contribution in [-0.2, 0) is 16.2 Å². The van der Waals surface area contributed by atoms with Crippen molar-refractivity contribution in [1.82, 2.24) is 14.8 Å². The Kier molecular flexibility index (Phi) is 6.83. The third-order valence-electron chi connectivity index (χ3n) is 3.73. The van der Waals surface area contributed by atoms with Crippen LogP contribution in [0.15, 0.2) is 26.9 Å². The van der Waals surface area contributed by atoms with Gasteiger partial charge in [-0.25, -0.2) is 13.1 Å². The lowest BCUT2D eigenvalue weighted by atomic mass is 10.3. The highest BCUT2D eigenvalue weighted by Crippen LogP contribution is 2.35. The fourth-order valence-electron chi connectivity index (χ4n) is 2.25. The Bertz CT molecular complexity index is 811. The lowest BCUT2D eigenvalue weighted by Crippen LogP contribution is -2.29. The van der Waals surface area contributed by atoms with Crippen molar-refractivity contribution < 1.29 is 26.1 Å². The Morgan fingerprint density at radius 2 is 1.96 bits per heavy atom. The van der Waals surface area contributed by atoms with Gasteiger partial charge in [0.25, 0.3) is 0 Å². The van der Waals surface area contributed by atoms with Crippen molar-refractivity contribution in [1.29, 1.82) is 0 Å². The van der Waals surface area contributed by atoms with Crippen molar-refractivity contribution in [3.8, 4) is 10.6 Å². The first-order valence-electron chi connectivity index (χ1n) is 8.03. The Labute approximate surface area is 154 Å². The van der Waals surface area contributed by atoms with Gasteiger partial charge in [0.2, 0.25) is 15.8 Å². The van der Waals surface area contributed by atoms with Crippen LogP contribution < -0.4 is 4.72 Å². The zero-order valence-electron chi connectivity index (χ0n) is 14.3. The molecule has 0 fully saturated rings. The van der Waals surface area contributed by atoms with E-state index in [1.165, 1.54) is 12.1 Å². The molecular weight excluding hydrogens is 391 g/mol. The number of sulfonamides is 1. The van der Waals surface area contributed by atoms with Crippen molar-refractivity contribution in [3.05, 3.63) is 24.0 Å². The van der Waals surface area contributed by atoms with Crippen molar-refractivity contribution in [2.24, 2.45) is 0 Å². The number of nitrogens with one attached hydrogen (secondary N) is 1. The molecule has 0 spiro atoms. The molecule has 0 atom stereocenters. The summed E-state index contributed by atoms with van der Waals surface area (Å²) in [6.45, 7) is 6.94. The first-order chi connectivity index (χ1) is 12.2. The number of hydrogen-bond acceptors (Lipinski definition) is 6. The molecular formula is C15H20F3N3O3S2. The van der Waals surface area contributed by atoms with Crippen LogP contribution in [0.4, 0.5) is 13.2 Å². The van der Waals surface area contributed by atoms with E-state index >= 15 is 0 Å². The monoisotopic (exact) mass is 411 g/mol. The summed E-state index contributed by atoms with van der Waals surface area (Å²) in [5.41, 5.74) is -0.0506. The van der Waals surface area contributed by atoms with Crippen LogP contribution in [-0.4, -0.2) is 44.7 Å². The quantitative estimate of drug-likeness (QED) is 0.640. The van der Waals surface area contributed by atoms with Gasteiger partial charge in [0.05, 0.1) is 4.88 Å². The van der Waals surface area contributed by atoms with Crippen LogP contribution >= 0.6 is 11.3 Å². The second kappa shape index (κ2) is 8.51. The van der Waals surface area contributed by atoms with E-state index in [1.807, 2.05) is 13.8 Å². The highest BCUT2D eigenvalue weighted by atomic mass is 32.2. The topological polar surface area (TPSA) is 75.4 Å². The third kappa shape index (κ3) is 5.29. The Balaban J connectivity index is 2.00. The van der Waals surface area contributed by atoms with Crippen molar-refractivity contribution in [3.63, 3.8) is 0 Å². The number of alkyl halides is 3. The molecule has 0 bridgehead atoms. The van der Waals surface area contributed by atoms with E-state index < -0.39 is 22.0 Å². The molecule has 0 aromatic carbocycles. The molecule has 0 amide bonds. The van der Waals surface area contributed by atoms with Gasteiger partial charge in [-0.2, -0.15) is 13.2 Å². The molecule has 0 aliphatic heterocycles. The van der Waals surface area contributed by atoms with Gasteiger partial charge < -0.3 is 9.42 Å². The van der Waals surface area contributed by atoms with E-state index in [0.717, 1.165) is 37.0 Å². The summed E-state index contributed by atoms with van der Waals surface area (Å²) in [7, 11) is -3.71. The molecule has 0 radical (unpaired) electrons. The summed E-state index contributed by atoms with van der Waals surface area (Å²) in [6.07, 6.45) is -3.97. The summed E-state index contributed by atoms with van der Waals surface area (Å²) >= 11 is 0.840. The molecule has 1 N–H and O–H groups in total. The number of thiophene rings is 1. The van der Waals surface area contributed by atoms with Gasteiger partial charge in [0, 0.05) is 12.6 Å². The molecule has 2 aromatic rings. The van der Waals surface area contributed by atoms with Crippen LogP contribution in [0.3, 0.4) is 0 Å². The molecule has 26 heavy (non-hydrogen) atoms. The van der Waals surface area contributed by atoms with Crippen LogP contribution in [0.25, 0.3) is 10.6 Å². The van der Waals surface area contributed by atoms with Crippen LogP contribution in [0, 0.1) is 0 Å². The second-order valence-electron chi connectivity index (χ2n) is 5.47. The number of aromatic nitrogens is 1. The molecule has 0 aliphatic carbocycles. The van der Waals surface area contributed by atoms with E-state index in [1.54, 1.807) is 0 Å². The molecule has 0 saturated carbocycles. The molecule has 146 valence electrons. The average molecular weight is 411 g/mol. The largest absolute Gasteiger partial charge is 0.452 e. The van der Waals surface area contributed by atoms with E-state index in [0.29, 0.717) is 6.42 Å². The predicted molar refractivity (Wildman–Crippen MR) is 92.4 cm³/mol. The average Bonchev–Trinajstić information content (AvgIpc) is 3.23. The summed E-state index contributed by atoms with van der Waals surface area (Å²) in [5, 5.41) is 3.36. The van der Waals surface area contributed by atoms with E-state index in [4.69, 9.17) is 0 Å². The number of halogens is 3. The van der Waals surface area contributed by atoms with Gasteiger partial charge in [-0.15, -0.1) is 11.3 Å². The first kappa shape index (κ1) is 20.9. The van der Waals surface area contributed by atoms with Crippen molar-refractivity contribution >= 4 is 21.4 Å². The normalized spacial score (nSPS) is 12.8. The first-order valence-corrected chi connectivity index (χ1v) is 10.3. The minimum atomic E-state index is -4.64. The highest BCUT2D eigenvalue weighted by Gasteiger charge is 2.36. The minimum Gasteiger partial charge on any atom is -0.351 e. The third-order valence-corrected chi connectivity index (χ3v) is 6.79. The van der Waals surface area contributed by atoms with E-state index in [9.17, 15) is 21.6 Å². The maximum Gasteiger partial charge on any atom is 0.452 e. The maximum absolute atomic E-state index is 12.6. The Morgan fingerprint density at radius 1 is 1.27 bits per heavy atom. The molecule has 0 saturated heterocycles. The fourth-order valence-corrected chi connectivity index (χ4v) is 4.62. The molecule has 11 heteroatoms. The zero-order chi connectivity index (χ0) is 19.4. The minimum absolute atomic E-state index is 0.0203. The summed E-state index contributed by atoms with van der Waals surface area (Å²) in [5.74, 6) is -1.22. The van der Waals surface area contributed by atoms with E-state index in [-0.39, 0.29) is 21.3 Å². The molecule has 2 aromatic heterocycles. The second-order valence-corrected chi connectivity index (χ2v) is 8.55. The number of hydrogen-bond donors (Lipinski definition) is 1. The Morgan fingerprint density at radius 3 is 2.54 bits per heavy atom. The summed E-state index contributed by atoms with van der Waals surface area (Å²) in [4.78, 5) is 2.47.